The minimum absolute atomic E-state index is 0.0945. The van der Waals surface area contributed by atoms with Crippen LogP contribution in [-0.4, -0.2) is 29.4 Å². The largest absolute Gasteiger partial charge is 0.502 e. The second-order valence-electron chi connectivity index (χ2n) is 2.76. The molecule has 0 saturated heterocycles. The van der Waals surface area contributed by atoms with Crippen LogP contribution in [0.25, 0.3) is 6.08 Å². The van der Waals surface area contributed by atoms with Crippen LogP contribution in [-0.2, 0) is 9.53 Å². The SMILES string of the molecule is O=C(/C=C/c1cc(=O)c(O)co1)OCCO. The Balaban J connectivity index is 2.66. The molecule has 0 aliphatic heterocycles. The zero-order valence-electron chi connectivity index (χ0n) is 8.25. The van der Waals surface area contributed by atoms with Gasteiger partial charge in [0.2, 0.25) is 5.43 Å². The lowest BCUT2D eigenvalue weighted by Crippen LogP contribution is -2.05. The fraction of sp³-hybridized carbons (Fsp3) is 0.200. The predicted octanol–water partition coefficient (Wildman–Crippen LogP) is -0.106. The van der Waals surface area contributed by atoms with Gasteiger partial charge in [0.15, 0.2) is 5.75 Å². The number of aliphatic hydroxyl groups is 1. The van der Waals surface area contributed by atoms with Crippen LogP contribution in [0, 0.1) is 0 Å². The smallest absolute Gasteiger partial charge is 0.330 e. The van der Waals surface area contributed by atoms with Gasteiger partial charge in [-0.15, -0.1) is 0 Å². The van der Waals surface area contributed by atoms with Crippen LogP contribution in [0.3, 0.4) is 0 Å². The maximum absolute atomic E-state index is 11.0. The summed E-state index contributed by atoms with van der Waals surface area (Å²) in [6.45, 7) is -0.351. The molecule has 2 N–H and O–H groups in total. The van der Waals surface area contributed by atoms with Crippen LogP contribution >= 0.6 is 0 Å². The number of carbonyl (C=O) groups is 1. The van der Waals surface area contributed by atoms with E-state index in [1.807, 2.05) is 0 Å². The van der Waals surface area contributed by atoms with Crippen molar-refractivity contribution in [2.45, 2.75) is 0 Å². The molecule has 6 nitrogen and oxygen atoms in total. The first-order chi connectivity index (χ1) is 7.63. The van der Waals surface area contributed by atoms with Gasteiger partial charge in [-0.1, -0.05) is 0 Å². The van der Waals surface area contributed by atoms with Gasteiger partial charge in [0.1, 0.15) is 18.6 Å². The molecule has 0 bridgehead atoms. The summed E-state index contributed by atoms with van der Waals surface area (Å²) in [6.07, 6.45) is 3.15. The van der Waals surface area contributed by atoms with Crippen molar-refractivity contribution in [3.63, 3.8) is 0 Å². The molecule has 1 aromatic rings. The van der Waals surface area contributed by atoms with Gasteiger partial charge in [0.25, 0.3) is 0 Å². The molecule has 1 aromatic heterocycles. The number of ether oxygens (including phenoxy) is 1. The van der Waals surface area contributed by atoms with Crippen molar-refractivity contribution in [2.24, 2.45) is 0 Å². The van der Waals surface area contributed by atoms with Gasteiger partial charge in [-0.3, -0.25) is 4.79 Å². The molecular formula is C10H10O6. The normalized spacial score (nSPS) is 10.6. The highest BCUT2D eigenvalue weighted by atomic mass is 16.5. The second-order valence-corrected chi connectivity index (χ2v) is 2.76. The highest BCUT2D eigenvalue weighted by molar-refractivity contribution is 5.86. The molecule has 0 aliphatic rings. The maximum atomic E-state index is 11.0. The number of hydrogen-bond donors (Lipinski definition) is 2. The zero-order chi connectivity index (χ0) is 12.0. The van der Waals surface area contributed by atoms with Crippen LogP contribution in [0.5, 0.6) is 5.75 Å². The van der Waals surface area contributed by atoms with Crippen molar-refractivity contribution in [1.29, 1.82) is 0 Å². The van der Waals surface area contributed by atoms with E-state index in [9.17, 15) is 9.59 Å². The van der Waals surface area contributed by atoms with Crippen molar-refractivity contribution in [2.75, 3.05) is 13.2 Å². The van der Waals surface area contributed by atoms with E-state index >= 15 is 0 Å². The van der Waals surface area contributed by atoms with E-state index in [0.29, 0.717) is 0 Å². The van der Waals surface area contributed by atoms with Crippen LogP contribution < -0.4 is 5.43 Å². The minimum atomic E-state index is -0.662. The monoisotopic (exact) mass is 226 g/mol. The Hall–Kier alpha value is -2.08. The fourth-order valence-electron chi connectivity index (χ4n) is 0.851. The summed E-state index contributed by atoms with van der Waals surface area (Å²) in [7, 11) is 0. The summed E-state index contributed by atoms with van der Waals surface area (Å²) in [5.74, 6) is -1.05. The lowest BCUT2D eigenvalue weighted by molar-refractivity contribution is -0.138. The first kappa shape index (κ1) is 12.0. The molecule has 0 aromatic carbocycles. The minimum Gasteiger partial charge on any atom is -0.502 e. The predicted molar refractivity (Wildman–Crippen MR) is 53.7 cm³/mol. The number of hydrogen-bond acceptors (Lipinski definition) is 6. The van der Waals surface area contributed by atoms with Crippen LogP contribution in [0.1, 0.15) is 5.76 Å². The Bertz CT molecular complexity index is 445. The lowest BCUT2D eigenvalue weighted by atomic mass is 10.3. The Morgan fingerprint density at radius 2 is 2.31 bits per heavy atom. The topological polar surface area (TPSA) is 97.0 Å². The van der Waals surface area contributed by atoms with Crippen molar-refractivity contribution >= 4 is 12.0 Å². The Morgan fingerprint density at radius 3 is 2.94 bits per heavy atom. The molecule has 0 fully saturated rings. The van der Waals surface area contributed by atoms with E-state index < -0.39 is 17.1 Å². The second kappa shape index (κ2) is 5.72. The summed E-state index contributed by atoms with van der Waals surface area (Å²) < 4.78 is 9.32. The third kappa shape index (κ3) is 3.58. The lowest BCUT2D eigenvalue weighted by Gasteiger charge is -1.96. The highest BCUT2D eigenvalue weighted by Crippen LogP contribution is 2.04. The molecule has 0 radical (unpaired) electrons. The number of aliphatic hydroxyl groups excluding tert-OH is 1. The van der Waals surface area contributed by atoms with E-state index in [4.69, 9.17) is 14.6 Å². The van der Waals surface area contributed by atoms with Gasteiger partial charge in [-0.05, 0) is 6.08 Å². The van der Waals surface area contributed by atoms with Gasteiger partial charge in [0.05, 0.1) is 6.61 Å². The molecule has 0 amide bonds. The van der Waals surface area contributed by atoms with E-state index in [0.717, 1.165) is 18.4 Å². The highest BCUT2D eigenvalue weighted by Gasteiger charge is 2.00. The summed E-state index contributed by atoms with van der Waals surface area (Å²) in [5.41, 5.74) is -0.602. The maximum Gasteiger partial charge on any atom is 0.330 e. The summed E-state index contributed by atoms with van der Waals surface area (Å²) in [4.78, 5) is 21.9. The van der Waals surface area contributed by atoms with Crippen LogP contribution in [0.2, 0.25) is 0 Å². The molecule has 1 heterocycles. The number of aromatic hydroxyl groups is 1. The Labute approximate surface area is 90.4 Å². The molecule has 0 spiro atoms. The fourth-order valence-corrected chi connectivity index (χ4v) is 0.851. The van der Waals surface area contributed by atoms with Gasteiger partial charge >= 0.3 is 5.97 Å². The van der Waals surface area contributed by atoms with Crippen molar-refractivity contribution < 1.29 is 24.2 Å². The molecule has 0 unspecified atom stereocenters. The molecule has 6 heteroatoms. The van der Waals surface area contributed by atoms with E-state index in [-0.39, 0.29) is 19.0 Å². The van der Waals surface area contributed by atoms with Crippen LogP contribution in [0.15, 0.2) is 27.6 Å². The summed E-state index contributed by atoms with van der Waals surface area (Å²) >= 11 is 0. The zero-order valence-corrected chi connectivity index (χ0v) is 8.25. The average Bonchev–Trinajstić information content (AvgIpc) is 2.28. The van der Waals surface area contributed by atoms with Gasteiger partial charge in [-0.25, -0.2) is 4.79 Å². The van der Waals surface area contributed by atoms with E-state index in [1.54, 1.807) is 0 Å². The Kier molecular flexibility index (Phi) is 4.28. The van der Waals surface area contributed by atoms with Crippen LogP contribution in [0.4, 0.5) is 0 Å². The van der Waals surface area contributed by atoms with Gasteiger partial charge in [-0.2, -0.15) is 0 Å². The molecule has 86 valence electrons. The molecule has 1 rings (SSSR count). The quantitative estimate of drug-likeness (QED) is 0.549. The number of esters is 1. The van der Waals surface area contributed by atoms with Crippen molar-refractivity contribution in [3.05, 3.63) is 34.4 Å². The molecular weight excluding hydrogens is 216 g/mol. The first-order valence-electron chi connectivity index (χ1n) is 4.41. The van der Waals surface area contributed by atoms with Crippen molar-refractivity contribution in [3.8, 4) is 5.75 Å². The van der Waals surface area contributed by atoms with E-state index in [2.05, 4.69) is 4.74 Å². The third-order valence-electron chi connectivity index (χ3n) is 1.55. The first-order valence-corrected chi connectivity index (χ1v) is 4.41. The number of rotatable bonds is 4. The van der Waals surface area contributed by atoms with Gasteiger partial charge in [0, 0.05) is 12.1 Å². The van der Waals surface area contributed by atoms with E-state index in [1.165, 1.54) is 6.08 Å². The third-order valence-corrected chi connectivity index (χ3v) is 1.55. The number of carbonyl (C=O) groups excluding carboxylic acids is 1. The molecule has 0 saturated carbocycles. The van der Waals surface area contributed by atoms with Gasteiger partial charge < -0.3 is 19.4 Å². The standard InChI is InChI=1S/C10H10O6/c11-3-4-15-10(14)2-1-7-5-8(12)9(13)6-16-7/h1-2,5-6,11,13H,3-4H2/b2-1+. The molecule has 16 heavy (non-hydrogen) atoms. The average molecular weight is 226 g/mol. The Morgan fingerprint density at radius 1 is 1.56 bits per heavy atom. The summed E-state index contributed by atoms with van der Waals surface area (Å²) in [5, 5.41) is 17.3. The molecule has 0 aliphatic carbocycles. The summed E-state index contributed by atoms with van der Waals surface area (Å²) in [6, 6.07) is 1.03. The van der Waals surface area contributed by atoms with Crippen molar-refractivity contribution in [1.82, 2.24) is 0 Å². The molecule has 0 atom stereocenters.